The second-order valence-electron chi connectivity index (χ2n) is 7.34. The number of aromatic amines is 1. The lowest BCUT2D eigenvalue weighted by Crippen LogP contribution is -2.22. The first-order valence-corrected chi connectivity index (χ1v) is 9.85. The molecule has 0 saturated carbocycles. The largest absolute Gasteiger partial charge is 0.472 e. The Morgan fingerprint density at radius 1 is 1.10 bits per heavy atom. The molecule has 0 saturated heterocycles. The molecule has 0 atom stereocenters. The molecule has 0 aliphatic carbocycles. The molecule has 0 amide bonds. The van der Waals surface area contributed by atoms with Crippen LogP contribution >= 0.6 is 0 Å². The fraction of sp³-hybridized carbons (Fsp3) is 0.250. The Labute approximate surface area is 170 Å². The zero-order chi connectivity index (χ0) is 20.2. The highest BCUT2D eigenvalue weighted by Gasteiger charge is 2.22. The van der Waals surface area contributed by atoms with E-state index in [9.17, 15) is 0 Å². The van der Waals surface area contributed by atoms with Gasteiger partial charge in [-0.15, -0.1) is 0 Å². The van der Waals surface area contributed by atoms with Gasteiger partial charge in [0, 0.05) is 55.3 Å². The van der Waals surface area contributed by atoms with Gasteiger partial charge in [0.25, 0.3) is 0 Å². The Bertz CT molecular complexity index is 965. The van der Waals surface area contributed by atoms with Crippen LogP contribution in [0.4, 0.5) is 5.69 Å². The van der Waals surface area contributed by atoms with Gasteiger partial charge in [-0.05, 0) is 54.3 Å². The summed E-state index contributed by atoms with van der Waals surface area (Å²) in [5.74, 6) is 1.55. The minimum absolute atomic E-state index is 0.153. The number of hydrogen-bond acceptors (Lipinski definition) is 4. The minimum atomic E-state index is 0.153. The standard InChI is InChI=1S/C24H26N2O3/c1-17-22-6-5-21(12-23(22)18(2)29-24(17)4-3-10-27)26(14-19-7-9-25-13-19)15-20-8-11-28-16-20/h5-9,11-13,16,25,27H,2-4,10,14-15H2,1H3. The van der Waals surface area contributed by atoms with E-state index in [4.69, 9.17) is 14.3 Å². The van der Waals surface area contributed by atoms with Gasteiger partial charge in [-0.1, -0.05) is 12.6 Å². The molecule has 1 aromatic carbocycles. The molecular formula is C24H26N2O3. The summed E-state index contributed by atoms with van der Waals surface area (Å²) in [6, 6.07) is 10.5. The van der Waals surface area contributed by atoms with E-state index in [-0.39, 0.29) is 6.61 Å². The minimum Gasteiger partial charge on any atom is -0.472 e. The lowest BCUT2D eigenvalue weighted by Gasteiger charge is -2.28. The molecule has 4 rings (SSSR count). The van der Waals surface area contributed by atoms with Crippen molar-refractivity contribution in [1.82, 2.24) is 4.98 Å². The summed E-state index contributed by atoms with van der Waals surface area (Å²) < 4.78 is 11.3. The van der Waals surface area contributed by atoms with E-state index in [0.29, 0.717) is 18.6 Å². The average Bonchev–Trinajstić information content (AvgIpc) is 3.43. The molecule has 29 heavy (non-hydrogen) atoms. The quantitative estimate of drug-likeness (QED) is 0.546. The Hall–Kier alpha value is -3.18. The Kier molecular flexibility index (Phi) is 5.58. The summed E-state index contributed by atoms with van der Waals surface area (Å²) in [5.41, 5.74) is 6.70. The number of furan rings is 1. The Morgan fingerprint density at radius 3 is 2.69 bits per heavy atom. The molecule has 2 aromatic heterocycles. The number of aromatic nitrogens is 1. The van der Waals surface area contributed by atoms with Gasteiger partial charge in [0.05, 0.1) is 12.5 Å². The zero-order valence-corrected chi connectivity index (χ0v) is 16.6. The van der Waals surface area contributed by atoms with Crippen LogP contribution in [0.3, 0.4) is 0 Å². The van der Waals surface area contributed by atoms with E-state index in [2.05, 4.69) is 47.7 Å². The highest BCUT2D eigenvalue weighted by Crippen LogP contribution is 2.39. The van der Waals surface area contributed by atoms with Gasteiger partial charge in [-0.2, -0.15) is 0 Å². The van der Waals surface area contributed by atoms with Crippen molar-refractivity contribution in [3.8, 4) is 0 Å². The van der Waals surface area contributed by atoms with Crippen LogP contribution in [0.15, 0.2) is 72.0 Å². The van der Waals surface area contributed by atoms with Gasteiger partial charge in [-0.25, -0.2) is 0 Å². The van der Waals surface area contributed by atoms with Crippen LogP contribution in [-0.2, 0) is 17.8 Å². The highest BCUT2D eigenvalue weighted by atomic mass is 16.5. The van der Waals surface area contributed by atoms with Crippen molar-refractivity contribution in [2.75, 3.05) is 11.5 Å². The summed E-state index contributed by atoms with van der Waals surface area (Å²) in [5, 5.41) is 9.14. The molecule has 1 aliphatic rings. The average molecular weight is 390 g/mol. The van der Waals surface area contributed by atoms with Crippen LogP contribution < -0.4 is 4.90 Å². The van der Waals surface area contributed by atoms with Crippen LogP contribution in [0.1, 0.15) is 42.0 Å². The number of rotatable bonds is 8. The molecule has 0 radical (unpaired) electrons. The molecule has 0 spiro atoms. The van der Waals surface area contributed by atoms with Crippen molar-refractivity contribution in [2.45, 2.75) is 32.9 Å². The van der Waals surface area contributed by atoms with E-state index in [1.807, 2.05) is 18.5 Å². The number of nitrogens with zero attached hydrogens (tertiary/aromatic N) is 1. The molecule has 1 aliphatic heterocycles. The third-order valence-electron chi connectivity index (χ3n) is 5.29. The molecule has 0 unspecified atom stereocenters. The third kappa shape index (κ3) is 4.15. The van der Waals surface area contributed by atoms with Crippen LogP contribution in [0, 0.1) is 0 Å². The van der Waals surface area contributed by atoms with Gasteiger partial charge in [0.15, 0.2) is 0 Å². The molecule has 3 aromatic rings. The van der Waals surface area contributed by atoms with Gasteiger partial charge in [0.2, 0.25) is 0 Å². The first-order chi connectivity index (χ1) is 14.2. The summed E-state index contributed by atoms with van der Waals surface area (Å²) in [6.45, 7) is 7.88. The van der Waals surface area contributed by atoms with Gasteiger partial charge in [0.1, 0.15) is 11.5 Å². The molecule has 3 heterocycles. The van der Waals surface area contributed by atoms with E-state index in [0.717, 1.165) is 46.8 Å². The molecular weight excluding hydrogens is 364 g/mol. The topological polar surface area (TPSA) is 61.6 Å². The fourth-order valence-corrected chi connectivity index (χ4v) is 3.71. The van der Waals surface area contributed by atoms with Gasteiger partial charge in [-0.3, -0.25) is 0 Å². The number of aliphatic hydroxyl groups excluding tert-OH is 1. The first-order valence-electron chi connectivity index (χ1n) is 9.85. The van der Waals surface area contributed by atoms with E-state index in [1.165, 1.54) is 5.56 Å². The number of hydrogen-bond donors (Lipinski definition) is 2. The van der Waals surface area contributed by atoms with E-state index in [1.54, 1.807) is 12.5 Å². The maximum Gasteiger partial charge on any atom is 0.127 e. The molecule has 0 fully saturated rings. The first kappa shape index (κ1) is 19.2. The second-order valence-corrected chi connectivity index (χ2v) is 7.34. The molecule has 0 bridgehead atoms. The summed E-state index contributed by atoms with van der Waals surface area (Å²) in [7, 11) is 0. The third-order valence-corrected chi connectivity index (χ3v) is 5.29. The van der Waals surface area contributed by atoms with Gasteiger partial charge < -0.3 is 24.1 Å². The normalized spacial score (nSPS) is 13.4. The summed E-state index contributed by atoms with van der Waals surface area (Å²) >= 11 is 0. The van der Waals surface area contributed by atoms with Crippen molar-refractivity contribution in [3.63, 3.8) is 0 Å². The lowest BCUT2D eigenvalue weighted by atomic mass is 9.94. The molecule has 5 nitrogen and oxygen atoms in total. The van der Waals surface area contributed by atoms with Crippen LogP contribution in [-0.4, -0.2) is 16.7 Å². The number of allylic oxidation sites excluding steroid dienone is 2. The zero-order valence-electron chi connectivity index (χ0n) is 16.6. The number of fused-ring (bicyclic) bond motifs is 1. The van der Waals surface area contributed by atoms with Crippen LogP contribution in [0.5, 0.6) is 0 Å². The Morgan fingerprint density at radius 2 is 1.97 bits per heavy atom. The number of H-pyrrole nitrogens is 1. The van der Waals surface area contributed by atoms with Crippen molar-refractivity contribution in [2.24, 2.45) is 0 Å². The Balaban J connectivity index is 1.67. The predicted octanol–water partition coefficient (Wildman–Crippen LogP) is 5.32. The lowest BCUT2D eigenvalue weighted by molar-refractivity contribution is 0.273. The molecule has 150 valence electrons. The fourth-order valence-electron chi connectivity index (χ4n) is 3.71. The van der Waals surface area contributed by atoms with Crippen molar-refractivity contribution in [3.05, 3.63) is 89.8 Å². The number of nitrogens with one attached hydrogen (secondary N) is 1. The van der Waals surface area contributed by atoms with Crippen LogP contribution in [0.25, 0.3) is 11.3 Å². The van der Waals surface area contributed by atoms with E-state index < -0.39 is 0 Å². The molecule has 2 N–H and O–H groups in total. The number of aliphatic hydroxyl groups is 1. The second kappa shape index (κ2) is 8.45. The summed E-state index contributed by atoms with van der Waals surface area (Å²) in [6.07, 6.45) is 8.84. The molecule has 5 heteroatoms. The van der Waals surface area contributed by atoms with Crippen molar-refractivity contribution >= 4 is 17.0 Å². The number of anilines is 1. The van der Waals surface area contributed by atoms with Gasteiger partial charge >= 0.3 is 0 Å². The van der Waals surface area contributed by atoms with Crippen molar-refractivity contribution in [1.29, 1.82) is 0 Å². The highest BCUT2D eigenvalue weighted by molar-refractivity contribution is 5.82. The van der Waals surface area contributed by atoms with Crippen molar-refractivity contribution < 1.29 is 14.3 Å². The number of ether oxygens (including phenoxy) is 1. The number of benzene rings is 1. The summed E-state index contributed by atoms with van der Waals surface area (Å²) in [4.78, 5) is 5.43. The maximum absolute atomic E-state index is 9.14. The maximum atomic E-state index is 9.14. The predicted molar refractivity (Wildman–Crippen MR) is 115 cm³/mol. The smallest absolute Gasteiger partial charge is 0.127 e. The monoisotopic (exact) mass is 390 g/mol. The SMILES string of the molecule is C=C1OC(CCCO)=C(C)c2ccc(N(Cc3cc[nH]c3)Cc3ccoc3)cc21. The van der Waals surface area contributed by atoms with Crippen LogP contribution in [0.2, 0.25) is 0 Å². The van der Waals surface area contributed by atoms with E-state index >= 15 is 0 Å².